The monoisotopic (exact) mass is 390 g/mol. The molecular formula is C21H18N4O4. The van der Waals surface area contributed by atoms with E-state index in [1.54, 1.807) is 48.7 Å². The minimum absolute atomic E-state index is 0.121. The highest BCUT2D eigenvalue weighted by Crippen LogP contribution is 2.34. The van der Waals surface area contributed by atoms with Gasteiger partial charge in [-0.2, -0.15) is 0 Å². The SMILES string of the molecule is CC(=O)Nc1ccc(Nc2ccc(C(=O)Nc3ccc4c(c3)OCO4)nc2)cc1. The minimum atomic E-state index is -0.324. The van der Waals surface area contributed by atoms with Crippen LogP contribution in [0.15, 0.2) is 60.8 Å². The van der Waals surface area contributed by atoms with E-state index in [-0.39, 0.29) is 24.3 Å². The van der Waals surface area contributed by atoms with E-state index in [4.69, 9.17) is 9.47 Å². The van der Waals surface area contributed by atoms with Crippen molar-refractivity contribution >= 4 is 34.6 Å². The van der Waals surface area contributed by atoms with Crippen LogP contribution in [0.5, 0.6) is 11.5 Å². The fourth-order valence-electron chi connectivity index (χ4n) is 2.78. The number of benzene rings is 2. The second kappa shape index (κ2) is 7.89. The minimum Gasteiger partial charge on any atom is -0.454 e. The third-order valence-electron chi connectivity index (χ3n) is 4.12. The topological polar surface area (TPSA) is 102 Å². The lowest BCUT2D eigenvalue weighted by Crippen LogP contribution is -2.13. The zero-order valence-electron chi connectivity index (χ0n) is 15.6. The van der Waals surface area contributed by atoms with Crippen molar-refractivity contribution in [1.82, 2.24) is 4.98 Å². The molecule has 0 radical (unpaired) electrons. The van der Waals surface area contributed by atoms with Crippen molar-refractivity contribution in [3.05, 3.63) is 66.5 Å². The average Bonchev–Trinajstić information content (AvgIpc) is 3.17. The summed E-state index contributed by atoms with van der Waals surface area (Å²) in [6.45, 7) is 1.64. The molecule has 1 aliphatic rings. The molecule has 0 fully saturated rings. The van der Waals surface area contributed by atoms with Crippen LogP contribution in [0.2, 0.25) is 0 Å². The van der Waals surface area contributed by atoms with Gasteiger partial charge in [-0.15, -0.1) is 0 Å². The van der Waals surface area contributed by atoms with Crippen LogP contribution >= 0.6 is 0 Å². The number of pyridine rings is 1. The van der Waals surface area contributed by atoms with Gasteiger partial charge >= 0.3 is 0 Å². The van der Waals surface area contributed by atoms with E-state index < -0.39 is 0 Å². The van der Waals surface area contributed by atoms with E-state index in [1.165, 1.54) is 6.92 Å². The van der Waals surface area contributed by atoms with Crippen LogP contribution in [-0.4, -0.2) is 23.6 Å². The van der Waals surface area contributed by atoms with E-state index in [9.17, 15) is 9.59 Å². The summed E-state index contributed by atoms with van der Waals surface area (Å²) in [7, 11) is 0. The number of rotatable bonds is 5. The molecule has 2 aromatic carbocycles. The van der Waals surface area contributed by atoms with Crippen molar-refractivity contribution in [3.63, 3.8) is 0 Å². The fourth-order valence-corrected chi connectivity index (χ4v) is 2.78. The first kappa shape index (κ1) is 18.3. The van der Waals surface area contributed by atoms with Gasteiger partial charge in [0, 0.05) is 30.1 Å². The van der Waals surface area contributed by atoms with Gasteiger partial charge < -0.3 is 25.4 Å². The fraction of sp³-hybridized carbons (Fsp3) is 0.0952. The van der Waals surface area contributed by atoms with Gasteiger partial charge in [0.25, 0.3) is 5.91 Å². The number of fused-ring (bicyclic) bond motifs is 1. The number of nitrogens with one attached hydrogen (secondary N) is 3. The summed E-state index contributed by atoms with van der Waals surface area (Å²) in [5.41, 5.74) is 3.17. The van der Waals surface area contributed by atoms with Crippen molar-refractivity contribution in [2.24, 2.45) is 0 Å². The Kier molecular flexibility index (Phi) is 4.98. The highest BCUT2D eigenvalue weighted by Gasteiger charge is 2.15. The van der Waals surface area contributed by atoms with Gasteiger partial charge in [0.05, 0.1) is 11.9 Å². The van der Waals surface area contributed by atoms with Crippen LogP contribution < -0.4 is 25.4 Å². The number of hydrogen-bond acceptors (Lipinski definition) is 6. The Morgan fingerprint density at radius 1 is 0.828 bits per heavy atom. The maximum atomic E-state index is 12.4. The predicted molar refractivity (Wildman–Crippen MR) is 109 cm³/mol. The van der Waals surface area contributed by atoms with Gasteiger partial charge in [0.1, 0.15) is 5.69 Å². The number of aromatic nitrogens is 1. The summed E-state index contributed by atoms with van der Waals surface area (Å²) in [6, 6.07) is 15.9. The smallest absolute Gasteiger partial charge is 0.274 e. The van der Waals surface area contributed by atoms with E-state index in [0.717, 1.165) is 17.1 Å². The lowest BCUT2D eigenvalue weighted by atomic mass is 10.2. The molecule has 1 aliphatic heterocycles. The van der Waals surface area contributed by atoms with E-state index in [2.05, 4.69) is 20.9 Å². The lowest BCUT2D eigenvalue weighted by Gasteiger charge is -2.09. The summed E-state index contributed by atoms with van der Waals surface area (Å²) in [6.07, 6.45) is 1.58. The zero-order chi connectivity index (χ0) is 20.2. The first-order chi connectivity index (χ1) is 14.1. The van der Waals surface area contributed by atoms with Gasteiger partial charge in [-0.3, -0.25) is 9.59 Å². The molecule has 0 aliphatic carbocycles. The Bertz CT molecular complexity index is 1050. The number of anilines is 4. The molecule has 3 aromatic rings. The van der Waals surface area contributed by atoms with Crippen LogP contribution in [0.25, 0.3) is 0 Å². The van der Waals surface area contributed by atoms with Crippen molar-refractivity contribution in [3.8, 4) is 11.5 Å². The number of amides is 2. The third kappa shape index (κ3) is 4.44. The largest absolute Gasteiger partial charge is 0.454 e. The van der Waals surface area contributed by atoms with Gasteiger partial charge in [-0.25, -0.2) is 4.98 Å². The van der Waals surface area contributed by atoms with Crippen molar-refractivity contribution in [2.75, 3.05) is 22.7 Å². The van der Waals surface area contributed by atoms with Gasteiger partial charge in [-0.05, 0) is 48.5 Å². The highest BCUT2D eigenvalue weighted by molar-refractivity contribution is 6.03. The highest BCUT2D eigenvalue weighted by atomic mass is 16.7. The van der Waals surface area contributed by atoms with Crippen molar-refractivity contribution in [1.29, 1.82) is 0 Å². The van der Waals surface area contributed by atoms with Crippen molar-refractivity contribution in [2.45, 2.75) is 6.92 Å². The maximum absolute atomic E-state index is 12.4. The molecule has 0 spiro atoms. The standard InChI is InChI=1S/C21H18N4O4/c1-13(26)23-14-2-4-15(5-3-14)24-17-6-8-18(22-11-17)21(27)25-16-7-9-19-20(10-16)29-12-28-19/h2-11,24H,12H2,1H3,(H,23,26)(H,25,27). The summed E-state index contributed by atoms with van der Waals surface area (Å²) in [4.78, 5) is 27.7. The molecule has 0 atom stereocenters. The molecule has 0 saturated heterocycles. The second-order valence-corrected chi connectivity index (χ2v) is 6.34. The van der Waals surface area contributed by atoms with Crippen LogP contribution in [0, 0.1) is 0 Å². The molecule has 0 bridgehead atoms. The molecular weight excluding hydrogens is 372 g/mol. The van der Waals surface area contributed by atoms with Gasteiger partial charge in [-0.1, -0.05) is 0 Å². The Morgan fingerprint density at radius 2 is 1.52 bits per heavy atom. The van der Waals surface area contributed by atoms with Crippen LogP contribution in [0.4, 0.5) is 22.7 Å². The number of ether oxygens (including phenoxy) is 2. The average molecular weight is 390 g/mol. The second-order valence-electron chi connectivity index (χ2n) is 6.34. The van der Waals surface area contributed by atoms with Gasteiger partial charge in [0.2, 0.25) is 12.7 Å². The van der Waals surface area contributed by atoms with Crippen LogP contribution in [0.1, 0.15) is 17.4 Å². The number of carbonyl (C=O) groups is 2. The Labute approximate surface area is 166 Å². The Hall–Kier alpha value is -4.07. The summed E-state index contributed by atoms with van der Waals surface area (Å²) >= 11 is 0. The van der Waals surface area contributed by atoms with Gasteiger partial charge in [0.15, 0.2) is 11.5 Å². The van der Waals surface area contributed by atoms with E-state index in [0.29, 0.717) is 17.2 Å². The van der Waals surface area contributed by atoms with Crippen molar-refractivity contribution < 1.29 is 19.1 Å². The number of nitrogens with zero attached hydrogens (tertiary/aromatic N) is 1. The maximum Gasteiger partial charge on any atom is 0.274 e. The Morgan fingerprint density at radius 3 is 2.24 bits per heavy atom. The molecule has 0 unspecified atom stereocenters. The molecule has 146 valence electrons. The predicted octanol–water partition coefficient (Wildman–Crippen LogP) is 3.76. The van der Waals surface area contributed by atoms with E-state index in [1.807, 2.05) is 12.1 Å². The quantitative estimate of drug-likeness (QED) is 0.613. The first-order valence-electron chi connectivity index (χ1n) is 8.88. The molecule has 2 heterocycles. The molecule has 8 nitrogen and oxygen atoms in total. The molecule has 8 heteroatoms. The number of carbonyl (C=O) groups excluding carboxylic acids is 2. The molecule has 1 aromatic heterocycles. The number of hydrogen-bond donors (Lipinski definition) is 3. The molecule has 2 amide bonds. The molecule has 4 rings (SSSR count). The Balaban J connectivity index is 1.38. The normalized spacial score (nSPS) is 11.6. The zero-order valence-corrected chi connectivity index (χ0v) is 15.6. The lowest BCUT2D eigenvalue weighted by molar-refractivity contribution is -0.114. The molecule has 29 heavy (non-hydrogen) atoms. The summed E-state index contributed by atoms with van der Waals surface area (Å²) in [5.74, 6) is 0.807. The van der Waals surface area contributed by atoms with Crippen LogP contribution in [-0.2, 0) is 4.79 Å². The summed E-state index contributed by atoms with van der Waals surface area (Å²) in [5, 5.41) is 8.69. The third-order valence-corrected chi connectivity index (χ3v) is 4.12. The van der Waals surface area contributed by atoms with Crippen LogP contribution in [0.3, 0.4) is 0 Å². The molecule has 0 saturated carbocycles. The first-order valence-corrected chi connectivity index (χ1v) is 8.88. The summed E-state index contributed by atoms with van der Waals surface area (Å²) < 4.78 is 10.6. The molecule has 3 N–H and O–H groups in total. The van der Waals surface area contributed by atoms with E-state index >= 15 is 0 Å².